The van der Waals surface area contributed by atoms with Crippen molar-refractivity contribution in [2.45, 2.75) is 6.42 Å². The summed E-state index contributed by atoms with van der Waals surface area (Å²) in [6, 6.07) is 13.6. The van der Waals surface area contributed by atoms with Crippen molar-refractivity contribution in [3.63, 3.8) is 0 Å². The minimum absolute atomic E-state index is 0.107. The number of benzene rings is 2. The van der Waals surface area contributed by atoms with E-state index < -0.39 is 16.9 Å². The number of rotatable bonds is 3. The van der Waals surface area contributed by atoms with Crippen LogP contribution in [0.25, 0.3) is 11.0 Å². The van der Waals surface area contributed by atoms with Crippen LogP contribution in [0.3, 0.4) is 0 Å². The third-order valence-electron chi connectivity index (χ3n) is 3.94. The Morgan fingerprint density at radius 2 is 1.89 bits per heavy atom. The van der Waals surface area contributed by atoms with Crippen LogP contribution in [0.2, 0.25) is 5.02 Å². The number of fused-ring (bicyclic) bond motifs is 1. The molecular weight excluding hydrogens is 389 g/mol. The molecule has 8 heteroatoms. The fraction of sp³-hybridized carbons (Fsp3) is 0.0526. The molecule has 2 heterocycles. The predicted molar refractivity (Wildman–Crippen MR) is 103 cm³/mol. The second-order valence-corrected chi connectivity index (χ2v) is 7.19. The van der Waals surface area contributed by atoms with Crippen molar-refractivity contribution in [1.82, 2.24) is 14.6 Å². The van der Waals surface area contributed by atoms with Crippen LogP contribution in [0.5, 0.6) is 0 Å². The van der Waals surface area contributed by atoms with Gasteiger partial charge in [-0.2, -0.15) is 14.6 Å². The SMILES string of the molecule is O=c1nc2s/c(=C\c3c(F)cccc3Cl)c(=O)n2nc1Cc1ccccc1. The molecule has 0 radical (unpaired) electrons. The molecule has 134 valence electrons. The van der Waals surface area contributed by atoms with Crippen molar-refractivity contribution in [3.8, 4) is 0 Å². The van der Waals surface area contributed by atoms with E-state index in [4.69, 9.17) is 11.6 Å². The van der Waals surface area contributed by atoms with Crippen molar-refractivity contribution >= 4 is 34.0 Å². The topological polar surface area (TPSA) is 64.3 Å². The van der Waals surface area contributed by atoms with Gasteiger partial charge in [0, 0.05) is 12.0 Å². The van der Waals surface area contributed by atoms with E-state index in [0.717, 1.165) is 21.4 Å². The van der Waals surface area contributed by atoms with Crippen LogP contribution < -0.4 is 15.7 Å². The summed E-state index contributed by atoms with van der Waals surface area (Å²) in [5, 5.41) is 4.36. The molecule has 0 saturated heterocycles. The lowest BCUT2D eigenvalue weighted by atomic mass is 10.1. The molecule has 0 fully saturated rings. The first kappa shape index (κ1) is 17.5. The van der Waals surface area contributed by atoms with Gasteiger partial charge in [-0.05, 0) is 23.8 Å². The maximum absolute atomic E-state index is 14.0. The lowest BCUT2D eigenvalue weighted by Gasteiger charge is -1.99. The Morgan fingerprint density at radius 1 is 1.11 bits per heavy atom. The Balaban J connectivity index is 1.87. The van der Waals surface area contributed by atoms with E-state index in [-0.39, 0.29) is 32.2 Å². The summed E-state index contributed by atoms with van der Waals surface area (Å²) in [6.07, 6.45) is 1.62. The van der Waals surface area contributed by atoms with Gasteiger partial charge in [0.05, 0.1) is 9.55 Å². The molecule has 0 unspecified atom stereocenters. The van der Waals surface area contributed by atoms with E-state index in [1.807, 2.05) is 30.3 Å². The molecule has 0 atom stereocenters. The summed E-state index contributed by atoms with van der Waals surface area (Å²) in [7, 11) is 0. The van der Waals surface area contributed by atoms with Gasteiger partial charge >= 0.3 is 0 Å². The van der Waals surface area contributed by atoms with Gasteiger partial charge in [-0.15, -0.1) is 0 Å². The summed E-state index contributed by atoms with van der Waals surface area (Å²) < 4.78 is 15.3. The van der Waals surface area contributed by atoms with Crippen LogP contribution in [0.1, 0.15) is 16.8 Å². The van der Waals surface area contributed by atoms with Gasteiger partial charge < -0.3 is 0 Å². The van der Waals surface area contributed by atoms with E-state index in [0.29, 0.717) is 0 Å². The molecule has 0 aliphatic rings. The molecule has 0 spiro atoms. The summed E-state index contributed by atoms with van der Waals surface area (Å²) in [5.74, 6) is -0.542. The van der Waals surface area contributed by atoms with Crippen LogP contribution in [0.4, 0.5) is 4.39 Å². The lowest BCUT2D eigenvalue weighted by Crippen LogP contribution is -2.28. The number of halogens is 2. The summed E-state index contributed by atoms with van der Waals surface area (Å²) in [4.78, 5) is 29.0. The first-order valence-electron chi connectivity index (χ1n) is 7.95. The average molecular weight is 400 g/mol. The van der Waals surface area contributed by atoms with E-state index in [9.17, 15) is 14.0 Å². The maximum atomic E-state index is 14.0. The molecule has 27 heavy (non-hydrogen) atoms. The van der Waals surface area contributed by atoms with Crippen molar-refractivity contribution < 1.29 is 4.39 Å². The zero-order valence-corrected chi connectivity index (χ0v) is 15.3. The molecule has 5 nitrogen and oxygen atoms in total. The van der Waals surface area contributed by atoms with Gasteiger partial charge in [0.15, 0.2) is 0 Å². The Labute approximate surface area is 161 Å². The van der Waals surface area contributed by atoms with Crippen molar-refractivity contribution in [3.05, 3.63) is 101 Å². The van der Waals surface area contributed by atoms with Crippen LogP contribution in [-0.4, -0.2) is 14.6 Å². The van der Waals surface area contributed by atoms with Crippen molar-refractivity contribution in [2.75, 3.05) is 0 Å². The number of hydrogen-bond donors (Lipinski definition) is 0. The predicted octanol–water partition coefficient (Wildman–Crippen LogP) is 2.44. The number of thiazole rings is 1. The molecule has 2 aromatic heterocycles. The minimum atomic E-state index is -0.542. The molecule has 4 rings (SSSR count). The first-order chi connectivity index (χ1) is 13.0. The highest BCUT2D eigenvalue weighted by Crippen LogP contribution is 2.19. The fourth-order valence-electron chi connectivity index (χ4n) is 2.62. The largest absolute Gasteiger partial charge is 0.296 e. The van der Waals surface area contributed by atoms with Crippen molar-refractivity contribution in [1.29, 1.82) is 0 Å². The van der Waals surface area contributed by atoms with E-state index in [2.05, 4.69) is 10.1 Å². The molecule has 0 bridgehead atoms. The van der Waals surface area contributed by atoms with E-state index in [1.165, 1.54) is 24.3 Å². The highest BCUT2D eigenvalue weighted by molar-refractivity contribution is 7.15. The molecule has 0 amide bonds. The molecular formula is C19H11ClFN3O2S. The van der Waals surface area contributed by atoms with Gasteiger partial charge in [0.25, 0.3) is 11.1 Å². The number of nitrogens with zero attached hydrogens (tertiary/aromatic N) is 3. The Morgan fingerprint density at radius 3 is 2.63 bits per heavy atom. The minimum Gasteiger partial charge on any atom is -0.266 e. The second kappa shape index (κ2) is 7.02. The van der Waals surface area contributed by atoms with Gasteiger partial charge in [0.2, 0.25) is 4.96 Å². The zero-order valence-electron chi connectivity index (χ0n) is 13.7. The Bertz CT molecular complexity index is 1300. The molecule has 4 aromatic rings. The fourth-order valence-corrected chi connectivity index (χ4v) is 3.72. The molecule has 0 aliphatic carbocycles. The third-order valence-corrected chi connectivity index (χ3v) is 5.23. The average Bonchev–Trinajstić information content (AvgIpc) is 2.94. The monoisotopic (exact) mass is 399 g/mol. The van der Waals surface area contributed by atoms with Crippen LogP contribution >= 0.6 is 22.9 Å². The normalized spacial score (nSPS) is 12.0. The summed E-state index contributed by atoms with van der Waals surface area (Å²) in [6.45, 7) is 0. The molecule has 0 aliphatic heterocycles. The summed E-state index contributed by atoms with van der Waals surface area (Å²) in [5.41, 5.74) is 0.197. The smallest absolute Gasteiger partial charge is 0.266 e. The standard InChI is InChI=1S/C19H11ClFN3O2S/c20-13-7-4-8-14(21)12(13)10-16-18(26)24-19(27-16)22-17(25)15(23-24)9-11-5-2-1-3-6-11/h1-8,10H,9H2/b16-10-. The van der Waals surface area contributed by atoms with Crippen LogP contribution in [0.15, 0.2) is 58.1 Å². The maximum Gasteiger partial charge on any atom is 0.296 e. The quantitative estimate of drug-likeness (QED) is 0.531. The van der Waals surface area contributed by atoms with Crippen LogP contribution in [0, 0.1) is 5.82 Å². The molecule has 0 N–H and O–H groups in total. The molecule has 2 aromatic carbocycles. The highest BCUT2D eigenvalue weighted by Gasteiger charge is 2.12. The first-order valence-corrected chi connectivity index (χ1v) is 9.15. The second-order valence-electron chi connectivity index (χ2n) is 5.77. The van der Waals surface area contributed by atoms with Gasteiger partial charge in [0.1, 0.15) is 11.5 Å². The highest BCUT2D eigenvalue weighted by atomic mass is 35.5. The van der Waals surface area contributed by atoms with Gasteiger partial charge in [-0.3, -0.25) is 9.59 Å². The number of aromatic nitrogens is 3. The Hall–Kier alpha value is -2.90. The van der Waals surface area contributed by atoms with Gasteiger partial charge in [-0.1, -0.05) is 59.3 Å². The zero-order chi connectivity index (χ0) is 19.0. The van der Waals surface area contributed by atoms with Gasteiger partial charge in [-0.25, -0.2) is 4.39 Å². The summed E-state index contributed by atoms with van der Waals surface area (Å²) >= 11 is 6.98. The number of hydrogen-bond acceptors (Lipinski definition) is 5. The molecule has 0 saturated carbocycles. The third kappa shape index (κ3) is 3.39. The van der Waals surface area contributed by atoms with Crippen molar-refractivity contribution in [2.24, 2.45) is 0 Å². The van der Waals surface area contributed by atoms with E-state index in [1.54, 1.807) is 0 Å². The Kier molecular flexibility index (Phi) is 4.55. The van der Waals surface area contributed by atoms with E-state index >= 15 is 0 Å². The van der Waals surface area contributed by atoms with Crippen LogP contribution in [-0.2, 0) is 6.42 Å². The lowest BCUT2D eigenvalue weighted by molar-refractivity contribution is 0.625.